The SMILES string of the molecule is CCCCc1cccc(NN(c2ccccc2C#N)N(Nc2cc(CCCC)ccc2CCCC)c2ccccc2OCC)c1. The molecule has 236 valence electrons. The number of hydrogen-bond donors (Lipinski definition) is 2. The monoisotopic (exact) mass is 603 g/mol. The van der Waals surface area contributed by atoms with Crippen molar-refractivity contribution in [3.8, 4) is 11.8 Å². The van der Waals surface area contributed by atoms with Gasteiger partial charge in [-0.15, -0.1) is 0 Å². The largest absolute Gasteiger partial charge is 0.492 e. The van der Waals surface area contributed by atoms with Crippen LogP contribution in [0.5, 0.6) is 5.75 Å². The maximum atomic E-state index is 10.2. The molecule has 0 saturated heterocycles. The molecule has 0 radical (unpaired) electrons. The van der Waals surface area contributed by atoms with Gasteiger partial charge in [-0.05, 0) is 105 Å². The number of aryl methyl sites for hydroxylation is 3. The van der Waals surface area contributed by atoms with Crippen molar-refractivity contribution in [1.82, 2.24) is 0 Å². The second-order valence-corrected chi connectivity index (χ2v) is 11.4. The van der Waals surface area contributed by atoms with Gasteiger partial charge in [0.15, 0.2) is 0 Å². The summed E-state index contributed by atoms with van der Waals surface area (Å²) in [5.41, 5.74) is 15.4. The predicted octanol–water partition coefficient (Wildman–Crippen LogP) is 10.3. The highest BCUT2D eigenvalue weighted by molar-refractivity contribution is 5.74. The molecule has 6 nitrogen and oxygen atoms in total. The number of hydrazine groups is 3. The van der Waals surface area contributed by atoms with Crippen molar-refractivity contribution in [2.75, 3.05) is 27.7 Å². The number of unbranched alkanes of at least 4 members (excludes halogenated alkanes) is 3. The molecule has 0 heterocycles. The van der Waals surface area contributed by atoms with Gasteiger partial charge in [0.25, 0.3) is 0 Å². The third-order valence-corrected chi connectivity index (χ3v) is 7.85. The normalized spacial score (nSPS) is 10.6. The highest BCUT2D eigenvalue weighted by Crippen LogP contribution is 2.35. The van der Waals surface area contributed by atoms with Crippen molar-refractivity contribution in [3.05, 3.63) is 113 Å². The third kappa shape index (κ3) is 9.18. The molecule has 0 unspecified atom stereocenters. The summed E-state index contributed by atoms with van der Waals surface area (Å²) in [6, 6.07) is 33.5. The van der Waals surface area contributed by atoms with Crippen LogP contribution in [0.1, 0.15) is 88.5 Å². The maximum absolute atomic E-state index is 10.2. The number of nitriles is 1. The van der Waals surface area contributed by atoms with E-state index in [1.165, 1.54) is 16.7 Å². The molecule has 0 aliphatic heterocycles. The van der Waals surface area contributed by atoms with Crippen LogP contribution in [0, 0.1) is 11.3 Å². The van der Waals surface area contributed by atoms with Crippen LogP contribution in [0.3, 0.4) is 0 Å². The number of nitrogens with zero attached hydrogens (tertiary/aromatic N) is 3. The topological polar surface area (TPSA) is 63.6 Å². The van der Waals surface area contributed by atoms with Gasteiger partial charge in [-0.3, -0.25) is 10.9 Å². The number of nitrogens with one attached hydrogen (secondary N) is 2. The van der Waals surface area contributed by atoms with Crippen molar-refractivity contribution in [2.24, 2.45) is 0 Å². The second kappa shape index (κ2) is 17.6. The van der Waals surface area contributed by atoms with Crippen molar-refractivity contribution >= 4 is 22.7 Å². The maximum Gasteiger partial charge on any atom is 0.146 e. The third-order valence-electron chi connectivity index (χ3n) is 7.85. The molecule has 0 saturated carbocycles. The summed E-state index contributed by atoms with van der Waals surface area (Å²) in [7, 11) is 0. The molecule has 0 bridgehead atoms. The number of anilines is 4. The van der Waals surface area contributed by atoms with Crippen LogP contribution in [0.25, 0.3) is 0 Å². The smallest absolute Gasteiger partial charge is 0.146 e. The Kier molecular flexibility index (Phi) is 13.0. The summed E-state index contributed by atoms with van der Waals surface area (Å²) >= 11 is 0. The molecule has 0 atom stereocenters. The Morgan fingerprint density at radius 1 is 0.644 bits per heavy atom. The molecular weight excluding hydrogens is 554 g/mol. The molecule has 0 spiro atoms. The van der Waals surface area contributed by atoms with Crippen molar-refractivity contribution in [1.29, 1.82) is 5.26 Å². The minimum absolute atomic E-state index is 0.529. The number of hydrogen-bond acceptors (Lipinski definition) is 6. The average Bonchev–Trinajstić information content (AvgIpc) is 3.08. The van der Waals surface area contributed by atoms with Crippen LogP contribution < -0.4 is 25.8 Å². The van der Waals surface area contributed by atoms with Crippen LogP contribution in [0.2, 0.25) is 0 Å². The van der Waals surface area contributed by atoms with Crippen molar-refractivity contribution < 1.29 is 4.74 Å². The highest BCUT2D eigenvalue weighted by Gasteiger charge is 2.25. The second-order valence-electron chi connectivity index (χ2n) is 11.4. The van der Waals surface area contributed by atoms with Crippen LogP contribution >= 0.6 is 0 Å². The lowest BCUT2D eigenvalue weighted by atomic mass is 10.0. The van der Waals surface area contributed by atoms with Crippen LogP contribution in [-0.4, -0.2) is 6.61 Å². The van der Waals surface area contributed by atoms with Crippen molar-refractivity contribution in [3.63, 3.8) is 0 Å². The van der Waals surface area contributed by atoms with Gasteiger partial charge in [0.05, 0.1) is 23.5 Å². The van der Waals surface area contributed by atoms with Gasteiger partial charge < -0.3 is 4.74 Å². The quantitative estimate of drug-likeness (QED) is 0.110. The van der Waals surface area contributed by atoms with E-state index in [0.29, 0.717) is 12.2 Å². The van der Waals surface area contributed by atoms with E-state index in [1.807, 2.05) is 65.7 Å². The summed E-state index contributed by atoms with van der Waals surface area (Å²) < 4.78 is 6.18. The van der Waals surface area contributed by atoms with Gasteiger partial charge in [0.2, 0.25) is 0 Å². The Morgan fingerprint density at radius 2 is 1.29 bits per heavy atom. The van der Waals surface area contributed by atoms with E-state index >= 15 is 0 Å². The van der Waals surface area contributed by atoms with E-state index < -0.39 is 0 Å². The van der Waals surface area contributed by atoms with E-state index in [2.05, 4.69) is 80.2 Å². The molecule has 0 aromatic heterocycles. The van der Waals surface area contributed by atoms with Gasteiger partial charge in [0, 0.05) is 0 Å². The Bertz CT molecular complexity index is 1530. The zero-order valence-corrected chi connectivity index (χ0v) is 27.5. The zero-order chi connectivity index (χ0) is 31.9. The summed E-state index contributed by atoms with van der Waals surface area (Å²) in [6.45, 7) is 9.20. The van der Waals surface area contributed by atoms with E-state index in [0.717, 1.165) is 86.3 Å². The fraction of sp³-hybridized carbons (Fsp3) is 0.359. The fourth-order valence-electron chi connectivity index (χ4n) is 5.36. The minimum atomic E-state index is 0.529. The summed E-state index contributed by atoms with van der Waals surface area (Å²) in [5, 5.41) is 14.2. The van der Waals surface area contributed by atoms with E-state index in [4.69, 9.17) is 4.74 Å². The van der Waals surface area contributed by atoms with Gasteiger partial charge in [-0.25, -0.2) is 0 Å². The van der Waals surface area contributed by atoms with Crippen LogP contribution in [0.4, 0.5) is 22.7 Å². The first-order valence-corrected chi connectivity index (χ1v) is 16.7. The first kappa shape index (κ1) is 33.3. The molecule has 0 fully saturated rings. The first-order chi connectivity index (χ1) is 22.1. The lowest BCUT2D eigenvalue weighted by Gasteiger charge is -2.40. The Balaban J connectivity index is 1.90. The van der Waals surface area contributed by atoms with Crippen molar-refractivity contribution in [2.45, 2.75) is 85.5 Å². The van der Waals surface area contributed by atoms with Gasteiger partial charge in [0.1, 0.15) is 23.2 Å². The van der Waals surface area contributed by atoms with Gasteiger partial charge in [-0.1, -0.05) is 88.6 Å². The first-order valence-electron chi connectivity index (χ1n) is 16.7. The lowest BCUT2D eigenvalue weighted by Crippen LogP contribution is -2.51. The number of benzene rings is 4. The molecule has 2 N–H and O–H groups in total. The molecule has 0 aliphatic carbocycles. The van der Waals surface area contributed by atoms with Crippen LogP contribution in [-0.2, 0) is 19.3 Å². The standard InChI is InChI=1S/C39H49N5O/c1-5-9-17-31-19-16-22-35(28-31)41-43(37-23-13-12-21-34(37)30-40)44(38-24-14-15-25-39(38)45-8-4)42-36-29-32(18-10-6-2)26-27-33(36)20-11-7-3/h12-16,19,21-29,41-42H,5-11,17-18,20H2,1-4H3. The summed E-state index contributed by atoms with van der Waals surface area (Å²) in [5.74, 6) is 0.739. The number of rotatable bonds is 18. The van der Waals surface area contributed by atoms with E-state index in [-0.39, 0.29) is 0 Å². The van der Waals surface area contributed by atoms with Gasteiger partial charge >= 0.3 is 0 Å². The van der Waals surface area contributed by atoms with Crippen LogP contribution in [0.15, 0.2) is 91.0 Å². The number of ether oxygens (including phenoxy) is 1. The molecule has 0 amide bonds. The predicted molar refractivity (Wildman–Crippen MR) is 190 cm³/mol. The summed E-state index contributed by atoms with van der Waals surface area (Å²) in [6.07, 6.45) is 9.79. The summed E-state index contributed by atoms with van der Waals surface area (Å²) in [4.78, 5) is 0. The molecule has 6 heteroatoms. The van der Waals surface area contributed by atoms with E-state index in [1.54, 1.807) is 0 Å². The Morgan fingerprint density at radius 3 is 2.00 bits per heavy atom. The highest BCUT2D eigenvalue weighted by atomic mass is 16.5. The zero-order valence-electron chi connectivity index (χ0n) is 27.5. The fourth-order valence-corrected chi connectivity index (χ4v) is 5.36. The van der Waals surface area contributed by atoms with Gasteiger partial charge in [-0.2, -0.15) is 15.5 Å². The minimum Gasteiger partial charge on any atom is -0.492 e. The molecule has 45 heavy (non-hydrogen) atoms. The molecule has 0 aliphatic rings. The van der Waals surface area contributed by atoms with E-state index in [9.17, 15) is 5.26 Å². The Labute approximate surface area is 270 Å². The molecule has 4 aromatic carbocycles. The average molecular weight is 604 g/mol. The molecule has 4 aromatic rings. The number of para-hydroxylation sites is 3. The Hall–Kier alpha value is -4.63. The molecular formula is C39H49N5O. The lowest BCUT2D eigenvalue weighted by molar-refractivity contribution is 0.340. The molecule has 4 rings (SSSR count).